The average Bonchev–Trinajstić information content (AvgIpc) is 3.18. The van der Waals surface area contributed by atoms with Crippen LogP contribution in [0.1, 0.15) is 38.2 Å². The van der Waals surface area contributed by atoms with E-state index in [4.69, 9.17) is 4.74 Å². The predicted octanol–water partition coefficient (Wildman–Crippen LogP) is 3.45. The summed E-state index contributed by atoms with van der Waals surface area (Å²) < 4.78 is 6.48. The first-order valence-electron chi connectivity index (χ1n) is 9.26. The molecule has 1 aromatic heterocycles. The van der Waals surface area contributed by atoms with E-state index in [0.29, 0.717) is 6.42 Å². The number of ether oxygens (including phenoxy) is 1. The van der Waals surface area contributed by atoms with Crippen LogP contribution in [-0.2, 0) is 20.9 Å². The third-order valence-corrected chi connectivity index (χ3v) is 6.75. The third-order valence-electron chi connectivity index (χ3n) is 5.74. The average molecular weight is 386 g/mol. The van der Waals surface area contributed by atoms with E-state index in [2.05, 4.69) is 5.32 Å². The van der Waals surface area contributed by atoms with E-state index in [-0.39, 0.29) is 25.0 Å². The van der Waals surface area contributed by atoms with E-state index < -0.39 is 17.5 Å². The van der Waals surface area contributed by atoms with Crippen LogP contribution in [0.5, 0.6) is 0 Å². The highest BCUT2D eigenvalue weighted by Gasteiger charge is 2.55. The molecule has 0 radical (unpaired) electrons. The number of esters is 1. The molecule has 4 rings (SSSR count). The highest BCUT2D eigenvalue weighted by molar-refractivity contribution is 7.17. The summed E-state index contributed by atoms with van der Waals surface area (Å²) in [6, 6.07) is 7.42. The Morgan fingerprint density at radius 1 is 1.33 bits per heavy atom. The maximum absolute atomic E-state index is 12.9. The molecule has 1 saturated carbocycles. The molecule has 6 nitrogen and oxygen atoms in total. The van der Waals surface area contributed by atoms with Crippen molar-refractivity contribution >= 4 is 39.3 Å². The molecule has 1 N–H and O–H groups in total. The van der Waals surface area contributed by atoms with Crippen LogP contribution in [0.3, 0.4) is 0 Å². The number of nitrogens with zero attached hydrogens (tertiary/aromatic N) is 1. The quantitative estimate of drug-likeness (QED) is 0.645. The molecule has 1 aliphatic carbocycles. The van der Waals surface area contributed by atoms with E-state index in [9.17, 15) is 14.4 Å². The van der Waals surface area contributed by atoms with Gasteiger partial charge in [0.1, 0.15) is 18.7 Å². The topological polar surface area (TPSA) is 75.7 Å². The first kappa shape index (κ1) is 18.0. The van der Waals surface area contributed by atoms with Gasteiger partial charge in [-0.25, -0.2) is 4.79 Å². The Hall–Kier alpha value is -2.41. The number of urea groups is 1. The van der Waals surface area contributed by atoms with Crippen LogP contribution in [-0.4, -0.2) is 34.9 Å². The number of rotatable bonds is 4. The molecule has 1 aliphatic heterocycles. The Balaban J connectivity index is 1.41. The number of carbonyl (C=O) groups excluding carboxylic acids is 3. The van der Waals surface area contributed by atoms with Gasteiger partial charge < -0.3 is 10.1 Å². The first-order valence-corrected chi connectivity index (χ1v) is 10.1. The highest BCUT2D eigenvalue weighted by Crippen LogP contribution is 2.38. The summed E-state index contributed by atoms with van der Waals surface area (Å²) in [7, 11) is 0. The van der Waals surface area contributed by atoms with Crippen molar-refractivity contribution in [1.82, 2.24) is 10.2 Å². The van der Waals surface area contributed by atoms with Gasteiger partial charge in [0.05, 0.1) is 0 Å². The molecule has 3 amide bonds. The lowest BCUT2D eigenvalue weighted by Crippen LogP contribution is -2.54. The van der Waals surface area contributed by atoms with Gasteiger partial charge in [0.25, 0.3) is 5.91 Å². The molecule has 2 atom stereocenters. The molecular formula is C20H22N2O4S. The second-order valence-corrected chi connectivity index (χ2v) is 8.27. The van der Waals surface area contributed by atoms with Crippen molar-refractivity contribution in [3.63, 3.8) is 0 Å². The van der Waals surface area contributed by atoms with Gasteiger partial charge in [0, 0.05) is 10.3 Å². The number of hydrogen-bond donors (Lipinski definition) is 1. The molecule has 1 saturated heterocycles. The normalized spacial score (nSPS) is 25.2. The molecular weight excluding hydrogens is 364 g/mol. The van der Waals surface area contributed by atoms with E-state index in [1.54, 1.807) is 11.3 Å². The molecule has 2 fully saturated rings. The molecule has 1 aromatic carbocycles. The molecule has 2 unspecified atom stereocenters. The van der Waals surface area contributed by atoms with Gasteiger partial charge >= 0.3 is 12.0 Å². The lowest BCUT2D eigenvalue weighted by atomic mass is 9.73. The number of carbonyl (C=O) groups is 3. The van der Waals surface area contributed by atoms with Crippen LogP contribution in [0.4, 0.5) is 4.79 Å². The second kappa shape index (κ2) is 6.96. The van der Waals surface area contributed by atoms with Crippen molar-refractivity contribution in [1.29, 1.82) is 0 Å². The van der Waals surface area contributed by atoms with E-state index in [0.717, 1.165) is 39.8 Å². The predicted molar refractivity (Wildman–Crippen MR) is 102 cm³/mol. The lowest BCUT2D eigenvalue weighted by Gasteiger charge is -2.36. The number of amides is 3. The molecule has 27 heavy (non-hydrogen) atoms. The summed E-state index contributed by atoms with van der Waals surface area (Å²) in [5, 5.41) is 5.87. The molecule has 142 valence electrons. The van der Waals surface area contributed by atoms with Gasteiger partial charge in [0.15, 0.2) is 0 Å². The fourth-order valence-electron chi connectivity index (χ4n) is 4.12. The van der Waals surface area contributed by atoms with Crippen LogP contribution in [0.2, 0.25) is 0 Å². The minimum absolute atomic E-state index is 0.0703. The summed E-state index contributed by atoms with van der Waals surface area (Å²) in [4.78, 5) is 38.5. The lowest BCUT2D eigenvalue weighted by molar-refractivity contribution is -0.149. The number of nitrogens with one attached hydrogen (secondary N) is 1. The van der Waals surface area contributed by atoms with E-state index >= 15 is 0 Å². The molecule has 0 bridgehead atoms. The number of imide groups is 1. The van der Waals surface area contributed by atoms with Gasteiger partial charge in [-0.3, -0.25) is 14.5 Å². The van der Waals surface area contributed by atoms with Crippen LogP contribution < -0.4 is 5.32 Å². The monoisotopic (exact) mass is 386 g/mol. The van der Waals surface area contributed by atoms with Gasteiger partial charge in [-0.05, 0) is 35.6 Å². The molecule has 2 aliphatic rings. The number of thiophene rings is 1. The van der Waals surface area contributed by atoms with Crippen molar-refractivity contribution in [3.05, 3.63) is 35.2 Å². The Morgan fingerprint density at radius 3 is 2.96 bits per heavy atom. The summed E-state index contributed by atoms with van der Waals surface area (Å²) in [6.45, 7) is 1.77. The number of benzene rings is 1. The fourth-order valence-corrected chi connectivity index (χ4v) is 5.06. The van der Waals surface area contributed by atoms with E-state index in [1.807, 2.05) is 36.6 Å². The first-order chi connectivity index (χ1) is 13.0. The van der Waals surface area contributed by atoms with Crippen molar-refractivity contribution < 1.29 is 19.1 Å². The molecule has 2 heterocycles. The largest absolute Gasteiger partial charge is 0.459 e. The summed E-state index contributed by atoms with van der Waals surface area (Å²) in [5.41, 5.74) is 0.0811. The standard InChI is InChI=1S/C20H22N2O4S/c1-13-6-4-5-9-20(13)18(24)22(19(25)21-20)10-17(23)26-11-14-12-27-16-8-3-2-7-15(14)16/h2-3,7-8,12-13H,4-6,9-11H2,1H3,(H,21,25). The second-order valence-electron chi connectivity index (χ2n) is 7.36. The zero-order valence-corrected chi connectivity index (χ0v) is 16.0. The highest BCUT2D eigenvalue weighted by atomic mass is 32.1. The summed E-state index contributed by atoms with van der Waals surface area (Å²) in [6.07, 6.45) is 3.49. The molecule has 2 aromatic rings. The third kappa shape index (κ3) is 3.10. The summed E-state index contributed by atoms with van der Waals surface area (Å²) >= 11 is 1.59. The molecule has 1 spiro atoms. The number of fused-ring (bicyclic) bond motifs is 1. The maximum Gasteiger partial charge on any atom is 0.326 e. The van der Waals surface area contributed by atoms with Crippen molar-refractivity contribution in [3.8, 4) is 0 Å². The smallest absolute Gasteiger partial charge is 0.326 e. The Kier molecular flexibility index (Phi) is 4.63. The van der Waals surface area contributed by atoms with Gasteiger partial charge in [-0.1, -0.05) is 38.0 Å². The molecule has 7 heteroatoms. The minimum atomic E-state index is -0.848. The van der Waals surface area contributed by atoms with Crippen LogP contribution >= 0.6 is 11.3 Å². The van der Waals surface area contributed by atoms with Gasteiger partial charge in [-0.2, -0.15) is 0 Å². The van der Waals surface area contributed by atoms with E-state index in [1.165, 1.54) is 0 Å². The number of hydrogen-bond acceptors (Lipinski definition) is 5. The zero-order valence-electron chi connectivity index (χ0n) is 15.2. The SMILES string of the molecule is CC1CCCCC12NC(=O)N(CC(=O)OCc1csc3ccccc13)C2=O. The van der Waals surface area contributed by atoms with Crippen molar-refractivity contribution in [2.45, 2.75) is 44.8 Å². The van der Waals surface area contributed by atoms with Crippen molar-refractivity contribution in [2.24, 2.45) is 5.92 Å². The van der Waals surface area contributed by atoms with Crippen LogP contribution in [0.15, 0.2) is 29.6 Å². The zero-order chi connectivity index (χ0) is 19.0. The van der Waals surface area contributed by atoms with Gasteiger partial charge in [-0.15, -0.1) is 11.3 Å². The van der Waals surface area contributed by atoms with Crippen LogP contribution in [0.25, 0.3) is 10.1 Å². The Labute approximate surface area is 161 Å². The Bertz CT molecular complexity index is 908. The van der Waals surface area contributed by atoms with Crippen molar-refractivity contribution in [2.75, 3.05) is 6.54 Å². The minimum Gasteiger partial charge on any atom is -0.459 e. The maximum atomic E-state index is 12.9. The van der Waals surface area contributed by atoms with Gasteiger partial charge in [0.2, 0.25) is 0 Å². The fraction of sp³-hybridized carbons (Fsp3) is 0.450. The Morgan fingerprint density at radius 2 is 2.15 bits per heavy atom. The van der Waals surface area contributed by atoms with Crippen LogP contribution in [0, 0.1) is 5.92 Å². The summed E-state index contributed by atoms with van der Waals surface area (Å²) in [5.74, 6) is -0.798.